The van der Waals surface area contributed by atoms with Crippen molar-refractivity contribution in [2.75, 3.05) is 26.7 Å². The number of methoxy groups -OCH3 is 1. The van der Waals surface area contributed by atoms with Gasteiger partial charge in [0.25, 0.3) is 5.91 Å². The van der Waals surface area contributed by atoms with E-state index < -0.39 is 64.1 Å². The van der Waals surface area contributed by atoms with Crippen LogP contribution in [0.3, 0.4) is 0 Å². The number of ether oxygens (including phenoxy) is 1. The number of β-lactam (4-membered cyclic amide) rings is 1. The van der Waals surface area contributed by atoms with Gasteiger partial charge < -0.3 is 20.3 Å². The Morgan fingerprint density at radius 3 is 2.39 bits per heavy atom. The topological polar surface area (TPSA) is 200 Å². The predicted octanol–water partition coefficient (Wildman–Crippen LogP) is 0.202. The Bertz CT molecular complexity index is 1270. The maximum Gasteiger partial charge on any atom is 0.363 e. The van der Waals surface area contributed by atoms with Gasteiger partial charge in [-0.1, -0.05) is 45.1 Å². The van der Waals surface area contributed by atoms with E-state index in [2.05, 4.69) is 22.3 Å². The summed E-state index contributed by atoms with van der Waals surface area (Å²) < 4.78 is 36.7. The molecule has 15 nitrogen and oxygen atoms in total. The van der Waals surface area contributed by atoms with Gasteiger partial charge in [-0.05, 0) is 17.9 Å². The standard InChI is InChI=1S/C24H33N5O10S2/c1-3-4-5-6-7-8-11-27-12-13-28(22(33)21(27)32)24(35)26-16(15-10-9-14-40-15)19(30)25-17-18(23(34)39-2)29(20(17)31)41(36,37)38/h9-10,14,16-18H,3-8,11-13H2,1-2H3,(H,25,30)(H,26,35)(H,36,37,38)/t16?,17-,18+/m1/s1. The predicted molar refractivity (Wildman–Crippen MR) is 143 cm³/mol. The van der Waals surface area contributed by atoms with E-state index in [0.717, 1.165) is 57.0 Å². The highest BCUT2D eigenvalue weighted by Crippen LogP contribution is 2.27. The van der Waals surface area contributed by atoms with Gasteiger partial charge in [0, 0.05) is 24.5 Å². The normalized spacial score (nSPS) is 20.0. The van der Waals surface area contributed by atoms with Gasteiger partial charge >= 0.3 is 34.1 Å². The molecule has 17 heteroatoms. The molecule has 1 aromatic heterocycles. The summed E-state index contributed by atoms with van der Waals surface area (Å²) in [5, 5.41) is 6.19. The lowest BCUT2D eigenvalue weighted by atomic mass is 9.98. The Morgan fingerprint density at radius 2 is 1.78 bits per heavy atom. The SMILES string of the molecule is CCCCCCCCN1CCN(C(=O)NC(C(=O)N[C@H]2C(=O)N(S(=O)(=O)O)[C@@H]2C(=O)OC)c2cccs2)C(=O)C1=O. The Labute approximate surface area is 241 Å². The first-order valence-corrected chi connectivity index (χ1v) is 15.3. The molecule has 0 saturated carbocycles. The lowest BCUT2D eigenvalue weighted by molar-refractivity contribution is -0.162. The van der Waals surface area contributed by atoms with Crippen molar-refractivity contribution in [2.45, 2.75) is 63.6 Å². The molecule has 3 N–H and O–H groups in total. The highest BCUT2D eigenvalue weighted by Gasteiger charge is 2.58. The number of hydrogen-bond donors (Lipinski definition) is 3. The van der Waals surface area contributed by atoms with Crippen LogP contribution in [0.5, 0.6) is 0 Å². The van der Waals surface area contributed by atoms with Crippen LogP contribution >= 0.6 is 11.3 Å². The molecule has 2 aliphatic heterocycles. The van der Waals surface area contributed by atoms with E-state index in [1.807, 2.05) is 0 Å². The number of amides is 6. The first-order valence-electron chi connectivity index (χ1n) is 13.1. The maximum atomic E-state index is 13.2. The highest BCUT2D eigenvalue weighted by molar-refractivity contribution is 7.84. The van der Waals surface area contributed by atoms with Gasteiger partial charge in [-0.25, -0.2) is 9.59 Å². The molecule has 0 spiro atoms. The second kappa shape index (κ2) is 13.9. The number of esters is 1. The van der Waals surface area contributed by atoms with E-state index >= 15 is 0 Å². The Morgan fingerprint density at radius 1 is 1.10 bits per heavy atom. The summed E-state index contributed by atoms with van der Waals surface area (Å²) in [5.41, 5.74) is 0. The Balaban J connectivity index is 1.66. The van der Waals surface area contributed by atoms with E-state index in [1.54, 1.807) is 11.4 Å². The van der Waals surface area contributed by atoms with Crippen LogP contribution in [0.25, 0.3) is 0 Å². The number of thiophene rings is 1. The lowest BCUT2D eigenvalue weighted by Gasteiger charge is -2.42. The highest BCUT2D eigenvalue weighted by atomic mass is 32.2. The van der Waals surface area contributed by atoms with Crippen LogP contribution in [0, 0.1) is 0 Å². The van der Waals surface area contributed by atoms with Gasteiger partial charge in [0.15, 0.2) is 6.04 Å². The quantitative estimate of drug-likeness (QED) is 0.0905. The molecule has 226 valence electrons. The largest absolute Gasteiger partial charge is 0.467 e. The number of hydrogen-bond acceptors (Lipinski definition) is 10. The number of nitrogens with one attached hydrogen (secondary N) is 2. The zero-order chi connectivity index (χ0) is 30.3. The first kappa shape index (κ1) is 32.0. The molecule has 1 aromatic rings. The fourth-order valence-electron chi connectivity index (χ4n) is 4.54. The van der Waals surface area contributed by atoms with Crippen molar-refractivity contribution in [3.8, 4) is 0 Å². The molecule has 3 atom stereocenters. The Kier molecular flexibility index (Phi) is 10.8. The molecule has 3 heterocycles. The smallest absolute Gasteiger partial charge is 0.363 e. The van der Waals surface area contributed by atoms with E-state index in [0.29, 0.717) is 11.4 Å². The van der Waals surface area contributed by atoms with Crippen LogP contribution in [0.4, 0.5) is 4.79 Å². The fourth-order valence-corrected chi connectivity index (χ4v) is 6.15. The van der Waals surface area contributed by atoms with E-state index in [1.165, 1.54) is 11.0 Å². The third-order valence-corrected chi connectivity index (χ3v) is 8.58. The number of urea groups is 1. The molecule has 41 heavy (non-hydrogen) atoms. The van der Waals surface area contributed by atoms with Crippen LogP contribution in [-0.4, -0.2) is 102 Å². The number of rotatable bonds is 13. The molecule has 0 bridgehead atoms. The van der Waals surface area contributed by atoms with E-state index in [4.69, 9.17) is 0 Å². The Hall–Kier alpha value is -3.57. The molecule has 0 radical (unpaired) electrons. The average Bonchev–Trinajstić information content (AvgIpc) is 3.46. The molecular formula is C24H33N5O10S2. The molecule has 1 unspecified atom stereocenters. The fraction of sp³-hybridized carbons (Fsp3) is 0.583. The van der Waals surface area contributed by atoms with Crippen LogP contribution in [0.15, 0.2) is 17.5 Å². The third kappa shape index (κ3) is 7.39. The molecule has 6 amide bonds. The minimum atomic E-state index is -5.13. The van der Waals surface area contributed by atoms with Crippen molar-refractivity contribution in [3.63, 3.8) is 0 Å². The number of unbranched alkanes of at least 4 members (excludes halogenated alkanes) is 5. The average molecular weight is 616 g/mol. The summed E-state index contributed by atoms with van der Waals surface area (Å²) in [4.78, 5) is 78.5. The third-order valence-electron chi connectivity index (χ3n) is 6.73. The first-order chi connectivity index (χ1) is 19.4. The second-order valence-electron chi connectivity index (χ2n) is 9.48. The zero-order valence-electron chi connectivity index (χ0n) is 22.6. The van der Waals surface area contributed by atoms with Gasteiger partial charge in [-0.3, -0.25) is 28.6 Å². The van der Waals surface area contributed by atoms with Gasteiger partial charge in [-0.15, -0.1) is 11.3 Å². The van der Waals surface area contributed by atoms with Gasteiger partial charge in [0.2, 0.25) is 5.91 Å². The van der Waals surface area contributed by atoms with Crippen LogP contribution in [-0.2, 0) is 39.0 Å². The van der Waals surface area contributed by atoms with Crippen molar-refractivity contribution in [1.29, 1.82) is 0 Å². The molecule has 0 aliphatic carbocycles. The summed E-state index contributed by atoms with van der Waals surface area (Å²) in [5.74, 6) is -5.40. The van der Waals surface area contributed by atoms with Crippen molar-refractivity contribution >= 4 is 57.3 Å². The number of piperazine rings is 1. The maximum absolute atomic E-state index is 13.2. The molecule has 0 aromatic carbocycles. The van der Waals surface area contributed by atoms with Crippen molar-refractivity contribution in [1.82, 2.24) is 24.7 Å². The van der Waals surface area contributed by atoms with Gasteiger partial charge in [-0.2, -0.15) is 12.7 Å². The molecular weight excluding hydrogens is 582 g/mol. The zero-order valence-corrected chi connectivity index (χ0v) is 24.2. The summed E-state index contributed by atoms with van der Waals surface area (Å²) in [6, 6.07) is -3.02. The molecule has 2 aliphatic rings. The van der Waals surface area contributed by atoms with Crippen molar-refractivity contribution < 1.29 is 46.5 Å². The summed E-state index contributed by atoms with van der Waals surface area (Å²) in [6.07, 6.45) is 6.05. The van der Waals surface area contributed by atoms with Gasteiger partial charge in [0.05, 0.1) is 7.11 Å². The summed E-state index contributed by atoms with van der Waals surface area (Å²) in [7, 11) is -4.21. The van der Waals surface area contributed by atoms with Gasteiger partial charge in [0.1, 0.15) is 12.1 Å². The summed E-state index contributed by atoms with van der Waals surface area (Å²) in [6.45, 7) is 2.54. The number of carbonyl (C=O) groups excluding carboxylic acids is 6. The van der Waals surface area contributed by atoms with Crippen molar-refractivity contribution in [3.05, 3.63) is 22.4 Å². The number of imide groups is 1. The van der Waals surface area contributed by atoms with Crippen molar-refractivity contribution in [2.24, 2.45) is 0 Å². The second-order valence-corrected chi connectivity index (χ2v) is 11.7. The number of nitrogens with zero attached hydrogens (tertiary/aromatic N) is 3. The minimum Gasteiger partial charge on any atom is -0.467 e. The van der Waals surface area contributed by atoms with Crippen LogP contribution in [0.2, 0.25) is 0 Å². The monoisotopic (exact) mass is 615 g/mol. The summed E-state index contributed by atoms with van der Waals surface area (Å²) >= 11 is 1.06. The molecule has 2 saturated heterocycles. The minimum absolute atomic E-state index is 0.0974. The molecule has 2 fully saturated rings. The molecule has 3 rings (SSSR count). The van der Waals surface area contributed by atoms with E-state index in [-0.39, 0.29) is 22.3 Å². The number of carbonyl (C=O) groups is 6. The van der Waals surface area contributed by atoms with E-state index in [9.17, 15) is 41.7 Å². The van der Waals surface area contributed by atoms with Crippen LogP contribution < -0.4 is 10.6 Å². The lowest BCUT2D eigenvalue weighted by Crippen LogP contribution is -2.75. The van der Waals surface area contributed by atoms with Crippen LogP contribution in [0.1, 0.15) is 56.4 Å².